The summed E-state index contributed by atoms with van der Waals surface area (Å²) in [5, 5.41) is 16.7. The number of aliphatic carboxylic acids is 1. The summed E-state index contributed by atoms with van der Waals surface area (Å²) >= 11 is 0. The number of carboxylic acids is 1. The molecule has 1 atom stereocenters. The number of nitrogens with zero attached hydrogens (tertiary/aromatic N) is 2. The van der Waals surface area contributed by atoms with Crippen LogP contribution in [0, 0.1) is 17.5 Å². The van der Waals surface area contributed by atoms with Gasteiger partial charge >= 0.3 is 5.97 Å². The smallest absolute Gasteiger partial charge is 0.305 e. The van der Waals surface area contributed by atoms with Crippen molar-refractivity contribution in [3.63, 3.8) is 0 Å². The molecule has 7 nitrogen and oxygen atoms in total. The molecule has 0 bridgehead atoms. The SMILES string of the molecule is COc1ccc(-c2ccc3c(-c4cc(F)c(F)c(F)c4)nn([C@@H](C)c4ccc(C(=O)NCCC(=O)O)cc4)c3c2)cc1. The highest BCUT2D eigenvalue weighted by molar-refractivity contribution is 5.96. The first-order chi connectivity index (χ1) is 20.2. The molecular formula is C32H26F3N3O4. The fraction of sp³-hybridized carbons (Fsp3) is 0.156. The van der Waals surface area contributed by atoms with E-state index in [1.165, 1.54) is 0 Å². The highest BCUT2D eigenvalue weighted by Crippen LogP contribution is 2.35. The van der Waals surface area contributed by atoms with Gasteiger partial charge in [0, 0.05) is 23.1 Å². The van der Waals surface area contributed by atoms with E-state index >= 15 is 0 Å². The Balaban J connectivity index is 1.56. The van der Waals surface area contributed by atoms with E-state index in [-0.39, 0.29) is 30.3 Å². The highest BCUT2D eigenvalue weighted by Gasteiger charge is 2.21. The van der Waals surface area contributed by atoms with Crippen LogP contribution in [0.1, 0.15) is 35.3 Å². The van der Waals surface area contributed by atoms with Crippen LogP contribution in [0.5, 0.6) is 5.75 Å². The molecule has 0 fully saturated rings. The molecule has 0 aliphatic carbocycles. The first-order valence-electron chi connectivity index (χ1n) is 13.1. The Hall–Kier alpha value is -5.12. The van der Waals surface area contributed by atoms with Crippen molar-refractivity contribution in [2.24, 2.45) is 0 Å². The summed E-state index contributed by atoms with van der Waals surface area (Å²) in [6.07, 6.45) is -0.185. The fourth-order valence-electron chi connectivity index (χ4n) is 4.74. The number of amides is 1. The largest absolute Gasteiger partial charge is 0.497 e. The van der Waals surface area contributed by atoms with E-state index in [0.29, 0.717) is 22.2 Å². The average molecular weight is 574 g/mol. The third kappa shape index (κ3) is 5.69. The summed E-state index contributed by atoms with van der Waals surface area (Å²) in [4.78, 5) is 23.1. The molecule has 4 aromatic carbocycles. The Labute approximate surface area is 239 Å². The number of carboxylic acid groups (broad SMARTS) is 1. The Bertz CT molecular complexity index is 1760. The van der Waals surface area contributed by atoms with Gasteiger partial charge < -0.3 is 15.2 Å². The van der Waals surface area contributed by atoms with E-state index in [1.54, 1.807) is 36.1 Å². The zero-order chi connectivity index (χ0) is 30.0. The number of carbonyl (C=O) groups excluding carboxylic acids is 1. The number of hydrogen-bond donors (Lipinski definition) is 2. The molecule has 5 rings (SSSR count). The van der Waals surface area contributed by atoms with Gasteiger partial charge in [-0.3, -0.25) is 14.3 Å². The third-order valence-corrected chi connectivity index (χ3v) is 7.03. The quantitative estimate of drug-likeness (QED) is 0.194. The normalized spacial score (nSPS) is 11.8. The Morgan fingerprint density at radius 2 is 1.55 bits per heavy atom. The van der Waals surface area contributed by atoms with Crippen LogP contribution in [0.2, 0.25) is 0 Å². The van der Waals surface area contributed by atoms with Crippen LogP contribution in [0.3, 0.4) is 0 Å². The summed E-state index contributed by atoms with van der Waals surface area (Å²) in [6, 6.07) is 21.3. The van der Waals surface area contributed by atoms with Crippen LogP contribution >= 0.6 is 0 Å². The summed E-state index contributed by atoms with van der Waals surface area (Å²) in [7, 11) is 1.59. The molecule has 10 heteroatoms. The highest BCUT2D eigenvalue weighted by atomic mass is 19.2. The number of ether oxygens (including phenoxy) is 1. The lowest BCUT2D eigenvalue weighted by molar-refractivity contribution is -0.136. The minimum Gasteiger partial charge on any atom is -0.497 e. The van der Waals surface area contributed by atoms with Crippen LogP contribution in [0.25, 0.3) is 33.3 Å². The van der Waals surface area contributed by atoms with Crippen molar-refractivity contribution in [3.8, 4) is 28.1 Å². The molecule has 0 saturated heterocycles. The Kier molecular flexibility index (Phi) is 7.97. The number of halogens is 3. The van der Waals surface area contributed by atoms with Gasteiger partial charge in [-0.05, 0) is 72.1 Å². The van der Waals surface area contributed by atoms with Gasteiger partial charge in [0.05, 0.1) is 25.1 Å². The van der Waals surface area contributed by atoms with Crippen LogP contribution in [-0.2, 0) is 4.79 Å². The molecular weight excluding hydrogens is 547 g/mol. The topological polar surface area (TPSA) is 93.5 Å². The van der Waals surface area contributed by atoms with Gasteiger partial charge in [0.25, 0.3) is 5.91 Å². The van der Waals surface area contributed by atoms with Crippen molar-refractivity contribution in [3.05, 3.63) is 107 Å². The van der Waals surface area contributed by atoms with Crippen molar-refractivity contribution in [2.45, 2.75) is 19.4 Å². The molecule has 1 heterocycles. The minimum absolute atomic E-state index is 0.00940. The summed E-state index contributed by atoms with van der Waals surface area (Å²) < 4.78 is 49.1. The van der Waals surface area contributed by atoms with Crippen LogP contribution in [0.4, 0.5) is 13.2 Å². The van der Waals surface area contributed by atoms with Crippen LogP contribution in [0.15, 0.2) is 78.9 Å². The van der Waals surface area contributed by atoms with E-state index in [0.717, 1.165) is 28.8 Å². The molecule has 2 N–H and O–H groups in total. The van der Waals surface area contributed by atoms with Gasteiger partial charge in [0.2, 0.25) is 0 Å². The van der Waals surface area contributed by atoms with Gasteiger partial charge in [-0.15, -0.1) is 0 Å². The summed E-state index contributed by atoms with van der Waals surface area (Å²) in [6.45, 7) is 1.90. The number of fused-ring (bicyclic) bond motifs is 1. The second-order valence-electron chi connectivity index (χ2n) is 9.71. The lowest BCUT2D eigenvalue weighted by Crippen LogP contribution is -2.26. The van der Waals surface area contributed by atoms with Gasteiger partial charge in [-0.1, -0.05) is 30.3 Å². The first-order valence-corrected chi connectivity index (χ1v) is 13.1. The van der Waals surface area contributed by atoms with E-state index in [9.17, 15) is 22.8 Å². The van der Waals surface area contributed by atoms with Crippen LogP contribution in [-0.4, -0.2) is 40.4 Å². The van der Waals surface area contributed by atoms with Gasteiger partial charge in [0.1, 0.15) is 11.4 Å². The molecule has 214 valence electrons. The zero-order valence-corrected chi connectivity index (χ0v) is 22.7. The number of carbonyl (C=O) groups is 2. The standard InChI is InChI=1S/C32H26F3N3O4/c1-18(19-3-5-21(6-4-19)32(41)36-14-13-29(39)40)38-28-17-22(20-7-10-24(42-2)11-8-20)9-12-25(28)31(37-38)23-15-26(33)30(35)27(34)16-23/h3-12,15-18H,13-14H2,1-2H3,(H,36,41)(H,39,40)/t18-/m0/s1. The Morgan fingerprint density at radius 3 is 2.17 bits per heavy atom. The second kappa shape index (κ2) is 11.8. The lowest BCUT2D eigenvalue weighted by Gasteiger charge is -2.15. The maximum absolute atomic E-state index is 14.2. The molecule has 1 aromatic heterocycles. The second-order valence-corrected chi connectivity index (χ2v) is 9.71. The molecule has 1 amide bonds. The fourth-order valence-corrected chi connectivity index (χ4v) is 4.74. The molecule has 0 aliphatic rings. The van der Waals surface area contributed by atoms with Gasteiger partial charge in [0.15, 0.2) is 17.5 Å². The molecule has 0 radical (unpaired) electrons. The van der Waals surface area contributed by atoms with E-state index in [2.05, 4.69) is 5.32 Å². The third-order valence-electron chi connectivity index (χ3n) is 7.03. The number of methoxy groups -OCH3 is 1. The van der Waals surface area contributed by atoms with Gasteiger partial charge in [-0.2, -0.15) is 5.10 Å². The van der Waals surface area contributed by atoms with E-state index in [4.69, 9.17) is 14.9 Å². The first kappa shape index (κ1) is 28.4. The maximum atomic E-state index is 14.2. The number of aromatic nitrogens is 2. The van der Waals surface area contributed by atoms with Crippen molar-refractivity contribution in [1.29, 1.82) is 0 Å². The molecule has 5 aromatic rings. The van der Waals surface area contributed by atoms with Crippen molar-refractivity contribution in [1.82, 2.24) is 15.1 Å². The average Bonchev–Trinajstić information content (AvgIpc) is 3.38. The maximum Gasteiger partial charge on any atom is 0.305 e. The number of benzene rings is 4. The predicted molar refractivity (Wildman–Crippen MR) is 152 cm³/mol. The summed E-state index contributed by atoms with van der Waals surface area (Å²) in [5.41, 5.74) is 3.98. The monoisotopic (exact) mass is 573 g/mol. The van der Waals surface area contributed by atoms with Gasteiger partial charge in [-0.25, -0.2) is 13.2 Å². The van der Waals surface area contributed by atoms with E-state index < -0.39 is 29.3 Å². The number of hydrogen-bond acceptors (Lipinski definition) is 4. The van der Waals surface area contributed by atoms with Crippen molar-refractivity contribution in [2.75, 3.05) is 13.7 Å². The van der Waals surface area contributed by atoms with Crippen molar-refractivity contribution >= 4 is 22.8 Å². The molecule has 0 aliphatic heterocycles. The zero-order valence-electron chi connectivity index (χ0n) is 22.7. The molecule has 0 unspecified atom stereocenters. The van der Waals surface area contributed by atoms with E-state index in [1.807, 2.05) is 49.4 Å². The van der Waals surface area contributed by atoms with Crippen LogP contribution < -0.4 is 10.1 Å². The number of rotatable bonds is 9. The number of nitrogens with one attached hydrogen (secondary N) is 1. The minimum atomic E-state index is -1.55. The molecule has 0 saturated carbocycles. The molecule has 42 heavy (non-hydrogen) atoms. The summed E-state index contributed by atoms with van der Waals surface area (Å²) in [5.74, 6) is -4.87. The molecule has 0 spiro atoms. The predicted octanol–water partition coefficient (Wildman–Crippen LogP) is 6.61. The Morgan fingerprint density at radius 1 is 0.905 bits per heavy atom. The lowest BCUT2D eigenvalue weighted by atomic mass is 10.0. The van der Waals surface area contributed by atoms with Crippen molar-refractivity contribution < 1.29 is 32.6 Å².